The molecule has 0 atom stereocenters. The zero-order valence-corrected chi connectivity index (χ0v) is 12.2. The highest BCUT2D eigenvalue weighted by molar-refractivity contribution is 4.95. The third-order valence-electron chi connectivity index (χ3n) is 3.56. The molecule has 1 heterocycles. The Balaban J connectivity index is 0.000000394. The molecular formula is C15H33N. The Kier molecular flexibility index (Phi) is 9.02. The van der Waals surface area contributed by atoms with Crippen molar-refractivity contribution < 1.29 is 0 Å². The van der Waals surface area contributed by atoms with Crippen molar-refractivity contribution in [2.75, 3.05) is 6.54 Å². The van der Waals surface area contributed by atoms with Crippen molar-refractivity contribution in [2.24, 2.45) is 5.92 Å². The van der Waals surface area contributed by atoms with E-state index in [1.807, 2.05) is 13.8 Å². The first-order valence-electron chi connectivity index (χ1n) is 7.47. The summed E-state index contributed by atoms with van der Waals surface area (Å²) in [5.41, 5.74) is 0.604. The van der Waals surface area contributed by atoms with Crippen molar-refractivity contribution in [3.8, 4) is 0 Å². The van der Waals surface area contributed by atoms with Crippen LogP contribution < -0.4 is 5.32 Å². The van der Waals surface area contributed by atoms with Gasteiger partial charge in [0.05, 0.1) is 0 Å². The van der Waals surface area contributed by atoms with Crippen LogP contribution in [-0.2, 0) is 0 Å². The molecule has 1 nitrogen and oxygen atoms in total. The van der Waals surface area contributed by atoms with Gasteiger partial charge in [0.2, 0.25) is 0 Å². The van der Waals surface area contributed by atoms with Crippen molar-refractivity contribution in [1.82, 2.24) is 5.32 Å². The zero-order chi connectivity index (χ0) is 12.4. The molecule has 1 aliphatic carbocycles. The van der Waals surface area contributed by atoms with Crippen LogP contribution in [0.25, 0.3) is 0 Å². The summed E-state index contributed by atoms with van der Waals surface area (Å²) >= 11 is 0. The van der Waals surface area contributed by atoms with E-state index in [0.717, 1.165) is 5.92 Å². The second kappa shape index (κ2) is 9.04. The molecule has 1 spiro atoms. The van der Waals surface area contributed by atoms with E-state index in [2.05, 4.69) is 26.1 Å². The smallest absolute Gasteiger partial charge is 0.0182 e. The molecule has 16 heavy (non-hydrogen) atoms. The van der Waals surface area contributed by atoms with Crippen LogP contribution in [0.15, 0.2) is 0 Å². The fourth-order valence-electron chi connectivity index (χ4n) is 2.61. The summed E-state index contributed by atoms with van der Waals surface area (Å²) < 4.78 is 0. The lowest BCUT2D eigenvalue weighted by atomic mass is 9.76. The summed E-state index contributed by atoms with van der Waals surface area (Å²) in [6.45, 7) is 11.9. The van der Waals surface area contributed by atoms with Crippen LogP contribution in [0.2, 0.25) is 0 Å². The van der Waals surface area contributed by atoms with Gasteiger partial charge >= 0.3 is 0 Å². The van der Waals surface area contributed by atoms with E-state index in [9.17, 15) is 0 Å². The van der Waals surface area contributed by atoms with Crippen LogP contribution >= 0.6 is 0 Å². The van der Waals surface area contributed by atoms with E-state index in [0.29, 0.717) is 5.54 Å². The zero-order valence-electron chi connectivity index (χ0n) is 12.2. The molecule has 1 N–H and O–H groups in total. The van der Waals surface area contributed by atoms with Crippen LogP contribution in [-0.4, -0.2) is 12.1 Å². The topological polar surface area (TPSA) is 12.0 Å². The lowest BCUT2D eigenvalue weighted by Gasteiger charge is -2.36. The van der Waals surface area contributed by atoms with Crippen LogP contribution in [0.3, 0.4) is 0 Å². The van der Waals surface area contributed by atoms with Gasteiger partial charge in [0.15, 0.2) is 0 Å². The maximum absolute atomic E-state index is 3.69. The number of rotatable bonds is 0. The van der Waals surface area contributed by atoms with Crippen LogP contribution in [0.4, 0.5) is 0 Å². The molecule has 0 amide bonds. The summed E-state index contributed by atoms with van der Waals surface area (Å²) in [5.74, 6) is 0.989. The molecule has 0 bridgehead atoms. The van der Waals surface area contributed by atoms with Crippen molar-refractivity contribution in [3.63, 3.8) is 0 Å². The Morgan fingerprint density at radius 1 is 1.06 bits per heavy atom. The van der Waals surface area contributed by atoms with Gasteiger partial charge in [-0.05, 0) is 51.0 Å². The number of nitrogens with one attached hydrogen (secondary N) is 1. The molecule has 0 aromatic heterocycles. The van der Waals surface area contributed by atoms with Crippen molar-refractivity contribution >= 4 is 0 Å². The fraction of sp³-hybridized carbons (Fsp3) is 1.00. The highest BCUT2D eigenvalue weighted by atomic mass is 15.0. The lowest BCUT2D eigenvalue weighted by Crippen LogP contribution is -2.42. The molecule has 1 saturated heterocycles. The van der Waals surface area contributed by atoms with E-state index in [-0.39, 0.29) is 0 Å². The first-order chi connectivity index (χ1) is 7.72. The number of hydrogen-bond donors (Lipinski definition) is 1. The van der Waals surface area contributed by atoms with Gasteiger partial charge in [-0.25, -0.2) is 0 Å². The van der Waals surface area contributed by atoms with Crippen molar-refractivity contribution in [1.29, 1.82) is 0 Å². The molecule has 0 aromatic rings. The largest absolute Gasteiger partial charge is 0.311 e. The van der Waals surface area contributed by atoms with E-state index in [1.165, 1.54) is 51.5 Å². The molecular weight excluding hydrogens is 194 g/mol. The Morgan fingerprint density at radius 3 is 1.94 bits per heavy atom. The maximum Gasteiger partial charge on any atom is 0.0182 e. The Labute approximate surface area is 103 Å². The minimum Gasteiger partial charge on any atom is -0.311 e. The SMILES string of the molecule is CC.CC1CCC2(CCCN2)CC1.CCC. The first-order valence-corrected chi connectivity index (χ1v) is 7.47. The minimum atomic E-state index is 0.604. The molecule has 2 fully saturated rings. The Bertz CT molecular complexity index is 138. The average molecular weight is 227 g/mol. The third kappa shape index (κ3) is 5.34. The summed E-state index contributed by atoms with van der Waals surface area (Å²) in [6.07, 6.45) is 9.89. The summed E-state index contributed by atoms with van der Waals surface area (Å²) in [5, 5.41) is 3.69. The molecule has 2 aliphatic rings. The van der Waals surface area contributed by atoms with Crippen molar-refractivity contribution in [3.05, 3.63) is 0 Å². The van der Waals surface area contributed by atoms with Gasteiger partial charge in [0.1, 0.15) is 0 Å². The fourth-order valence-corrected chi connectivity index (χ4v) is 2.61. The highest BCUT2D eigenvalue weighted by Crippen LogP contribution is 2.37. The standard InChI is InChI=1S/C10H19N.C3H8.C2H6/c1-9-3-6-10(7-4-9)5-2-8-11-10;1-3-2;1-2/h9,11H,2-8H2,1H3;3H2,1-2H3;1-2H3. The molecule has 1 saturated carbocycles. The van der Waals surface area contributed by atoms with Crippen molar-refractivity contribution in [2.45, 2.75) is 85.1 Å². The minimum absolute atomic E-state index is 0.604. The molecule has 1 aliphatic heterocycles. The van der Waals surface area contributed by atoms with Crippen LogP contribution in [0, 0.1) is 5.92 Å². The quantitative estimate of drug-likeness (QED) is 0.629. The summed E-state index contributed by atoms with van der Waals surface area (Å²) in [4.78, 5) is 0. The van der Waals surface area contributed by atoms with Gasteiger partial charge in [-0.15, -0.1) is 0 Å². The van der Waals surface area contributed by atoms with Gasteiger partial charge in [-0.1, -0.05) is 41.0 Å². The molecule has 2 rings (SSSR count). The maximum atomic E-state index is 3.69. The first kappa shape index (κ1) is 16.0. The molecule has 1 heteroatoms. The van der Waals surface area contributed by atoms with Gasteiger partial charge in [0.25, 0.3) is 0 Å². The molecule has 0 aromatic carbocycles. The van der Waals surface area contributed by atoms with E-state index >= 15 is 0 Å². The van der Waals surface area contributed by atoms with E-state index in [1.54, 1.807) is 0 Å². The summed E-state index contributed by atoms with van der Waals surface area (Å²) in [6, 6.07) is 0. The number of hydrogen-bond acceptors (Lipinski definition) is 1. The lowest BCUT2D eigenvalue weighted by molar-refractivity contribution is 0.220. The third-order valence-corrected chi connectivity index (χ3v) is 3.56. The monoisotopic (exact) mass is 227 g/mol. The summed E-state index contributed by atoms with van der Waals surface area (Å²) in [7, 11) is 0. The second-order valence-electron chi connectivity index (χ2n) is 5.20. The van der Waals surface area contributed by atoms with Crippen LogP contribution in [0.1, 0.15) is 79.6 Å². The molecule has 0 unspecified atom stereocenters. The average Bonchev–Trinajstić information content (AvgIpc) is 2.76. The van der Waals surface area contributed by atoms with E-state index in [4.69, 9.17) is 0 Å². The Hall–Kier alpha value is -0.0400. The van der Waals surface area contributed by atoms with Gasteiger partial charge in [-0.3, -0.25) is 0 Å². The molecule has 0 radical (unpaired) electrons. The predicted molar refractivity (Wildman–Crippen MR) is 74.9 cm³/mol. The van der Waals surface area contributed by atoms with Gasteiger partial charge in [-0.2, -0.15) is 0 Å². The normalized spacial score (nSPS) is 32.4. The van der Waals surface area contributed by atoms with E-state index < -0.39 is 0 Å². The van der Waals surface area contributed by atoms with Gasteiger partial charge < -0.3 is 5.32 Å². The van der Waals surface area contributed by atoms with Gasteiger partial charge in [0, 0.05) is 5.54 Å². The van der Waals surface area contributed by atoms with Crippen LogP contribution in [0.5, 0.6) is 0 Å². The molecule has 98 valence electrons. The second-order valence-corrected chi connectivity index (χ2v) is 5.20. The predicted octanol–water partition coefficient (Wildman–Crippen LogP) is 4.76. The highest BCUT2D eigenvalue weighted by Gasteiger charge is 2.35. The Morgan fingerprint density at radius 2 is 1.56 bits per heavy atom.